The molecule has 2 saturated heterocycles. The predicted octanol–water partition coefficient (Wildman–Crippen LogP) is 2.55. The Balaban J connectivity index is 1.56. The van der Waals surface area contributed by atoms with Crippen LogP contribution in [0, 0.1) is 5.41 Å². The number of benzene rings is 1. The molecule has 0 radical (unpaired) electrons. The first-order valence-corrected chi connectivity index (χ1v) is 9.57. The highest BCUT2D eigenvalue weighted by molar-refractivity contribution is 5.75. The van der Waals surface area contributed by atoms with Crippen molar-refractivity contribution in [3.8, 4) is 0 Å². The summed E-state index contributed by atoms with van der Waals surface area (Å²) < 4.78 is 0. The van der Waals surface area contributed by atoms with Crippen molar-refractivity contribution in [1.29, 1.82) is 0 Å². The Hall–Kier alpha value is -2.08. The van der Waals surface area contributed by atoms with Gasteiger partial charge in [0.2, 0.25) is 0 Å². The fourth-order valence-electron chi connectivity index (χ4n) is 4.39. The minimum Gasteiger partial charge on any atom is -0.481 e. The summed E-state index contributed by atoms with van der Waals surface area (Å²) >= 11 is 0. The number of amides is 2. The number of carboxylic acid groups (broad SMARTS) is 1. The molecule has 2 aliphatic heterocycles. The van der Waals surface area contributed by atoms with Gasteiger partial charge in [0, 0.05) is 38.1 Å². The van der Waals surface area contributed by atoms with Crippen LogP contribution in [0.3, 0.4) is 0 Å². The lowest BCUT2D eigenvalue weighted by molar-refractivity contribution is -0.136. The monoisotopic (exact) mass is 359 g/mol. The first kappa shape index (κ1) is 18.7. The summed E-state index contributed by atoms with van der Waals surface area (Å²) in [5, 5.41) is 11.5. The molecule has 142 valence electrons. The molecule has 0 aliphatic carbocycles. The van der Waals surface area contributed by atoms with Crippen molar-refractivity contribution in [3.05, 3.63) is 35.9 Å². The number of carboxylic acids is 1. The van der Waals surface area contributed by atoms with Crippen molar-refractivity contribution in [2.45, 2.75) is 38.6 Å². The van der Waals surface area contributed by atoms with E-state index >= 15 is 0 Å². The average molecular weight is 359 g/mol. The summed E-state index contributed by atoms with van der Waals surface area (Å²) in [7, 11) is 0. The fraction of sp³-hybridized carbons (Fsp3) is 0.600. The molecule has 1 spiro atoms. The molecule has 2 amide bonds. The zero-order valence-corrected chi connectivity index (χ0v) is 15.3. The van der Waals surface area contributed by atoms with Crippen LogP contribution in [0.4, 0.5) is 4.79 Å². The number of aliphatic carboxylic acids is 1. The Labute approximate surface area is 155 Å². The second kappa shape index (κ2) is 8.54. The molecule has 0 bridgehead atoms. The molecule has 0 aromatic heterocycles. The lowest BCUT2D eigenvalue weighted by Gasteiger charge is -2.48. The van der Waals surface area contributed by atoms with E-state index in [1.807, 2.05) is 11.0 Å². The number of piperidine rings is 2. The third kappa shape index (κ3) is 4.97. The molecule has 2 N–H and O–H groups in total. The molecule has 6 heteroatoms. The average Bonchev–Trinajstić information content (AvgIpc) is 2.62. The third-order valence-electron chi connectivity index (χ3n) is 5.55. The molecular formula is C20H29N3O3. The Kier molecular flexibility index (Phi) is 6.14. The van der Waals surface area contributed by atoms with E-state index in [0.29, 0.717) is 0 Å². The van der Waals surface area contributed by atoms with Gasteiger partial charge in [0.25, 0.3) is 0 Å². The highest BCUT2D eigenvalue weighted by Crippen LogP contribution is 2.38. The minimum absolute atomic E-state index is 0.0322. The van der Waals surface area contributed by atoms with Crippen LogP contribution >= 0.6 is 0 Å². The number of likely N-dealkylation sites (tertiary alicyclic amines) is 2. The first-order valence-electron chi connectivity index (χ1n) is 9.57. The van der Waals surface area contributed by atoms with Crippen LogP contribution < -0.4 is 5.32 Å². The van der Waals surface area contributed by atoms with Crippen LogP contribution in [0.25, 0.3) is 0 Å². The maximum Gasteiger partial charge on any atom is 0.317 e. The normalized spacial score (nSPS) is 23.8. The van der Waals surface area contributed by atoms with Crippen molar-refractivity contribution < 1.29 is 14.7 Å². The molecule has 26 heavy (non-hydrogen) atoms. The topological polar surface area (TPSA) is 72.9 Å². The van der Waals surface area contributed by atoms with Crippen molar-refractivity contribution in [1.82, 2.24) is 15.1 Å². The zero-order chi connectivity index (χ0) is 18.4. The van der Waals surface area contributed by atoms with Crippen LogP contribution in [0.2, 0.25) is 0 Å². The molecule has 0 saturated carbocycles. The molecule has 1 unspecified atom stereocenters. The van der Waals surface area contributed by atoms with Gasteiger partial charge in [-0.05, 0) is 37.8 Å². The summed E-state index contributed by atoms with van der Waals surface area (Å²) in [6.07, 6.45) is 4.48. The fourth-order valence-corrected chi connectivity index (χ4v) is 4.39. The number of carbonyl (C=O) groups excluding carboxylic acids is 1. The maximum absolute atomic E-state index is 12.4. The highest BCUT2D eigenvalue weighted by Gasteiger charge is 2.40. The molecule has 3 rings (SSSR count). The molecule has 1 atom stereocenters. The lowest BCUT2D eigenvalue weighted by Crippen LogP contribution is -2.55. The summed E-state index contributed by atoms with van der Waals surface area (Å²) in [6, 6.07) is 10.4. The number of hydrogen-bond acceptors (Lipinski definition) is 3. The molecule has 1 aromatic carbocycles. The zero-order valence-electron chi connectivity index (χ0n) is 15.3. The van der Waals surface area contributed by atoms with Gasteiger partial charge >= 0.3 is 12.0 Å². The van der Waals surface area contributed by atoms with E-state index in [4.69, 9.17) is 5.11 Å². The SMILES string of the molecule is O=C(O)CCNC(=O)N1CCCC2(CCCN(Cc3ccccc3)C2)C1. The molecule has 2 fully saturated rings. The van der Waals surface area contributed by atoms with Gasteiger partial charge in [0.15, 0.2) is 0 Å². The largest absolute Gasteiger partial charge is 0.481 e. The van der Waals surface area contributed by atoms with Crippen LogP contribution in [0.15, 0.2) is 30.3 Å². The Morgan fingerprint density at radius 1 is 1.08 bits per heavy atom. The van der Waals surface area contributed by atoms with Crippen LogP contribution in [0.1, 0.15) is 37.7 Å². The van der Waals surface area contributed by atoms with Crippen molar-refractivity contribution in [3.63, 3.8) is 0 Å². The Morgan fingerprint density at radius 3 is 2.54 bits per heavy atom. The number of urea groups is 1. The van der Waals surface area contributed by atoms with Gasteiger partial charge in [0.05, 0.1) is 6.42 Å². The molecule has 1 aromatic rings. The smallest absolute Gasteiger partial charge is 0.317 e. The van der Waals surface area contributed by atoms with Gasteiger partial charge in [-0.15, -0.1) is 0 Å². The van der Waals surface area contributed by atoms with E-state index in [1.165, 1.54) is 12.0 Å². The summed E-state index contributed by atoms with van der Waals surface area (Å²) in [6.45, 7) is 4.84. The van der Waals surface area contributed by atoms with Gasteiger partial charge in [0.1, 0.15) is 0 Å². The third-order valence-corrected chi connectivity index (χ3v) is 5.55. The van der Waals surface area contributed by atoms with Crippen LogP contribution in [0.5, 0.6) is 0 Å². The van der Waals surface area contributed by atoms with E-state index in [9.17, 15) is 9.59 Å². The van der Waals surface area contributed by atoms with Crippen LogP contribution in [-0.2, 0) is 11.3 Å². The van der Waals surface area contributed by atoms with Crippen molar-refractivity contribution in [2.75, 3.05) is 32.7 Å². The minimum atomic E-state index is -0.885. The van der Waals surface area contributed by atoms with Crippen molar-refractivity contribution >= 4 is 12.0 Å². The second-order valence-electron chi connectivity index (χ2n) is 7.70. The van der Waals surface area contributed by atoms with E-state index < -0.39 is 5.97 Å². The van der Waals surface area contributed by atoms with E-state index in [-0.39, 0.29) is 24.4 Å². The first-order chi connectivity index (χ1) is 12.6. The molecule has 2 heterocycles. The number of nitrogens with one attached hydrogen (secondary N) is 1. The van der Waals surface area contributed by atoms with Gasteiger partial charge in [-0.3, -0.25) is 9.69 Å². The van der Waals surface area contributed by atoms with Gasteiger partial charge in [-0.2, -0.15) is 0 Å². The highest BCUT2D eigenvalue weighted by atomic mass is 16.4. The number of hydrogen-bond donors (Lipinski definition) is 2. The van der Waals surface area contributed by atoms with Crippen molar-refractivity contribution in [2.24, 2.45) is 5.41 Å². The quantitative estimate of drug-likeness (QED) is 0.847. The molecule has 2 aliphatic rings. The van der Waals surface area contributed by atoms with Gasteiger partial charge in [-0.1, -0.05) is 30.3 Å². The Morgan fingerprint density at radius 2 is 1.81 bits per heavy atom. The van der Waals surface area contributed by atoms with Crippen LogP contribution in [-0.4, -0.2) is 59.6 Å². The Bertz CT molecular complexity index is 618. The molecule has 6 nitrogen and oxygen atoms in total. The van der Waals surface area contributed by atoms with E-state index in [1.54, 1.807) is 0 Å². The summed E-state index contributed by atoms with van der Waals surface area (Å²) in [4.78, 5) is 27.4. The lowest BCUT2D eigenvalue weighted by atomic mass is 9.73. The number of nitrogens with zero attached hydrogens (tertiary/aromatic N) is 2. The van der Waals surface area contributed by atoms with E-state index in [2.05, 4.69) is 34.5 Å². The maximum atomic E-state index is 12.4. The number of carbonyl (C=O) groups is 2. The summed E-state index contributed by atoms with van der Waals surface area (Å²) in [5.74, 6) is -0.885. The van der Waals surface area contributed by atoms with E-state index in [0.717, 1.165) is 52.0 Å². The van der Waals surface area contributed by atoms with Gasteiger partial charge < -0.3 is 15.3 Å². The molecular weight excluding hydrogens is 330 g/mol. The number of rotatable bonds is 5. The van der Waals surface area contributed by atoms with Gasteiger partial charge in [-0.25, -0.2) is 4.79 Å². The standard InChI is InChI=1S/C20H29N3O3/c24-18(25)8-11-21-19(26)23-13-5-10-20(16-23)9-4-12-22(15-20)14-17-6-2-1-3-7-17/h1-3,6-7H,4-5,8-16H2,(H,21,26)(H,24,25). The summed E-state index contributed by atoms with van der Waals surface area (Å²) in [5.41, 5.74) is 1.51. The second-order valence-corrected chi connectivity index (χ2v) is 7.70. The predicted molar refractivity (Wildman–Crippen MR) is 99.8 cm³/mol.